The highest BCUT2D eigenvalue weighted by Gasteiger charge is 2.07. The Morgan fingerprint density at radius 2 is 2.28 bits per heavy atom. The highest BCUT2D eigenvalue weighted by atomic mass is 19.1. The molecule has 6 heteroatoms. The third-order valence-corrected chi connectivity index (χ3v) is 2.18. The number of halogens is 1. The summed E-state index contributed by atoms with van der Waals surface area (Å²) in [4.78, 5) is 11.5. The molecule has 1 atom stereocenters. The van der Waals surface area contributed by atoms with Gasteiger partial charge < -0.3 is 20.5 Å². The molecule has 100 valence electrons. The molecule has 0 aromatic heterocycles. The van der Waals surface area contributed by atoms with E-state index in [-0.39, 0.29) is 24.3 Å². The monoisotopic (exact) mass is 256 g/mol. The molecule has 0 spiro atoms. The van der Waals surface area contributed by atoms with Gasteiger partial charge in [0.25, 0.3) is 0 Å². The lowest BCUT2D eigenvalue weighted by Crippen LogP contribution is -2.24. The molecule has 1 aromatic carbocycles. The van der Waals surface area contributed by atoms with E-state index < -0.39 is 5.82 Å². The molecule has 0 saturated heterocycles. The van der Waals surface area contributed by atoms with Crippen molar-refractivity contribution < 1.29 is 18.7 Å². The van der Waals surface area contributed by atoms with Gasteiger partial charge in [-0.15, -0.1) is 0 Å². The number of hydrogen-bond donors (Lipinski definition) is 2. The average Bonchev–Trinajstić information content (AvgIpc) is 2.32. The number of rotatable bonds is 6. The van der Waals surface area contributed by atoms with E-state index in [0.29, 0.717) is 12.3 Å². The van der Waals surface area contributed by atoms with Gasteiger partial charge in [-0.2, -0.15) is 0 Å². The van der Waals surface area contributed by atoms with Gasteiger partial charge in [-0.05, 0) is 25.1 Å². The molecule has 0 heterocycles. The Morgan fingerprint density at radius 1 is 1.56 bits per heavy atom. The number of ether oxygens (including phenoxy) is 2. The Hall–Kier alpha value is -1.66. The molecular formula is C12H17FN2O3. The van der Waals surface area contributed by atoms with Crippen LogP contribution in [0.15, 0.2) is 18.2 Å². The van der Waals surface area contributed by atoms with Crippen LogP contribution in [0, 0.1) is 5.82 Å². The van der Waals surface area contributed by atoms with Crippen LogP contribution in [0.5, 0.6) is 0 Å². The Morgan fingerprint density at radius 3 is 2.89 bits per heavy atom. The van der Waals surface area contributed by atoms with Gasteiger partial charge in [-0.1, -0.05) is 0 Å². The zero-order valence-corrected chi connectivity index (χ0v) is 10.4. The second-order valence-electron chi connectivity index (χ2n) is 3.86. The summed E-state index contributed by atoms with van der Waals surface area (Å²) in [5.74, 6) is -0.845. The molecular weight excluding hydrogens is 239 g/mol. The Kier molecular flexibility index (Phi) is 5.54. The number of nitrogens with two attached hydrogens (primary N) is 1. The molecule has 0 fully saturated rings. The van der Waals surface area contributed by atoms with E-state index in [1.807, 2.05) is 0 Å². The fourth-order valence-corrected chi connectivity index (χ4v) is 1.32. The fourth-order valence-electron chi connectivity index (χ4n) is 1.32. The number of amides is 1. The second-order valence-corrected chi connectivity index (χ2v) is 3.86. The highest BCUT2D eigenvalue weighted by molar-refractivity contribution is 5.92. The molecule has 1 unspecified atom stereocenters. The van der Waals surface area contributed by atoms with Crippen molar-refractivity contribution in [3.63, 3.8) is 0 Å². The molecule has 1 amide bonds. The van der Waals surface area contributed by atoms with Crippen LogP contribution in [-0.2, 0) is 14.3 Å². The van der Waals surface area contributed by atoms with E-state index in [1.165, 1.54) is 18.2 Å². The first-order valence-electron chi connectivity index (χ1n) is 5.48. The molecule has 0 bridgehead atoms. The van der Waals surface area contributed by atoms with Gasteiger partial charge >= 0.3 is 0 Å². The van der Waals surface area contributed by atoms with Crippen molar-refractivity contribution in [2.75, 3.05) is 31.4 Å². The molecule has 1 rings (SSSR count). The normalized spacial score (nSPS) is 12.2. The van der Waals surface area contributed by atoms with Gasteiger partial charge in [0.1, 0.15) is 12.4 Å². The minimum absolute atomic E-state index is 0.0125. The van der Waals surface area contributed by atoms with Crippen molar-refractivity contribution in [2.45, 2.75) is 13.0 Å². The SMILES string of the molecule is COCC(C)OCC(=O)Nc1ccc(F)c(N)c1. The van der Waals surface area contributed by atoms with Gasteiger partial charge in [0, 0.05) is 12.8 Å². The van der Waals surface area contributed by atoms with Crippen molar-refractivity contribution in [2.24, 2.45) is 0 Å². The van der Waals surface area contributed by atoms with E-state index in [0.717, 1.165) is 0 Å². The number of nitrogen functional groups attached to an aromatic ring is 1. The van der Waals surface area contributed by atoms with Crippen LogP contribution < -0.4 is 11.1 Å². The number of anilines is 2. The van der Waals surface area contributed by atoms with Crippen LogP contribution in [-0.4, -0.2) is 32.3 Å². The first-order valence-corrected chi connectivity index (χ1v) is 5.48. The van der Waals surface area contributed by atoms with Gasteiger partial charge in [-0.3, -0.25) is 4.79 Å². The minimum atomic E-state index is -0.516. The standard InChI is InChI=1S/C12H17FN2O3/c1-8(6-17-2)18-7-12(16)15-9-3-4-10(13)11(14)5-9/h3-5,8H,6-7,14H2,1-2H3,(H,15,16). The van der Waals surface area contributed by atoms with Crippen molar-refractivity contribution >= 4 is 17.3 Å². The number of carbonyl (C=O) groups excluding carboxylic acids is 1. The zero-order valence-electron chi connectivity index (χ0n) is 10.4. The predicted molar refractivity (Wildman–Crippen MR) is 66.7 cm³/mol. The second kappa shape index (κ2) is 6.93. The maximum Gasteiger partial charge on any atom is 0.250 e. The number of hydrogen-bond acceptors (Lipinski definition) is 4. The smallest absolute Gasteiger partial charge is 0.250 e. The van der Waals surface area contributed by atoms with Crippen LogP contribution in [0.2, 0.25) is 0 Å². The van der Waals surface area contributed by atoms with Crippen LogP contribution in [0.1, 0.15) is 6.92 Å². The van der Waals surface area contributed by atoms with Gasteiger partial charge in [0.05, 0.1) is 18.4 Å². The third kappa shape index (κ3) is 4.68. The summed E-state index contributed by atoms with van der Waals surface area (Å²) >= 11 is 0. The number of methoxy groups -OCH3 is 1. The Bertz CT molecular complexity index is 412. The first kappa shape index (κ1) is 14.4. The van der Waals surface area contributed by atoms with E-state index in [2.05, 4.69) is 5.32 Å². The maximum absolute atomic E-state index is 12.9. The summed E-state index contributed by atoms with van der Waals surface area (Å²) in [6.45, 7) is 2.12. The van der Waals surface area contributed by atoms with Crippen LogP contribution >= 0.6 is 0 Å². The molecule has 5 nitrogen and oxygen atoms in total. The van der Waals surface area contributed by atoms with E-state index in [4.69, 9.17) is 15.2 Å². The summed E-state index contributed by atoms with van der Waals surface area (Å²) in [7, 11) is 1.56. The quantitative estimate of drug-likeness (QED) is 0.754. The van der Waals surface area contributed by atoms with E-state index >= 15 is 0 Å². The number of carbonyl (C=O) groups is 1. The van der Waals surface area contributed by atoms with Crippen molar-refractivity contribution in [1.82, 2.24) is 0 Å². The topological polar surface area (TPSA) is 73.6 Å². The van der Waals surface area contributed by atoms with Crippen molar-refractivity contribution in [1.29, 1.82) is 0 Å². The Labute approximate surface area is 105 Å². The lowest BCUT2D eigenvalue weighted by atomic mass is 10.2. The third-order valence-electron chi connectivity index (χ3n) is 2.18. The summed E-state index contributed by atoms with van der Waals surface area (Å²) in [6, 6.07) is 3.98. The highest BCUT2D eigenvalue weighted by Crippen LogP contribution is 2.16. The molecule has 0 aliphatic rings. The minimum Gasteiger partial charge on any atom is -0.396 e. The van der Waals surface area contributed by atoms with E-state index in [9.17, 15) is 9.18 Å². The largest absolute Gasteiger partial charge is 0.396 e. The van der Waals surface area contributed by atoms with Gasteiger partial charge in [0.2, 0.25) is 5.91 Å². The van der Waals surface area contributed by atoms with Crippen LogP contribution in [0.4, 0.5) is 15.8 Å². The van der Waals surface area contributed by atoms with Gasteiger partial charge in [-0.25, -0.2) is 4.39 Å². The van der Waals surface area contributed by atoms with Crippen LogP contribution in [0.25, 0.3) is 0 Å². The molecule has 0 saturated carbocycles. The Balaban J connectivity index is 2.42. The summed E-state index contributed by atoms with van der Waals surface area (Å²) in [5, 5.41) is 2.56. The number of benzene rings is 1. The molecule has 0 radical (unpaired) electrons. The summed E-state index contributed by atoms with van der Waals surface area (Å²) < 4.78 is 23.0. The van der Waals surface area contributed by atoms with Crippen LogP contribution in [0.3, 0.4) is 0 Å². The number of nitrogens with one attached hydrogen (secondary N) is 1. The van der Waals surface area contributed by atoms with Crippen molar-refractivity contribution in [3.8, 4) is 0 Å². The summed E-state index contributed by atoms with van der Waals surface area (Å²) in [5.41, 5.74) is 5.80. The predicted octanol–water partition coefficient (Wildman–Crippen LogP) is 1.40. The van der Waals surface area contributed by atoms with Crippen molar-refractivity contribution in [3.05, 3.63) is 24.0 Å². The fraction of sp³-hybridized carbons (Fsp3) is 0.417. The van der Waals surface area contributed by atoms with Gasteiger partial charge in [0.15, 0.2) is 0 Å². The molecule has 0 aliphatic heterocycles. The van der Waals surface area contributed by atoms with E-state index in [1.54, 1.807) is 14.0 Å². The molecule has 0 aliphatic carbocycles. The molecule has 3 N–H and O–H groups in total. The lowest BCUT2D eigenvalue weighted by Gasteiger charge is -2.12. The average molecular weight is 256 g/mol. The maximum atomic E-state index is 12.9. The molecule has 18 heavy (non-hydrogen) atoms. The zero-order chi connectivity index (χ0) is 13.5. The summed E-state index contributed by atoms with van der Waals surface area (Å²) in [6.07, 6.45) is -0.168. The molecule has 1 aromatic rings. The first-order chi connectivity index (χ1) is 8.52. The lowest BCUT2D eigenvalue weighted by molar-refractivity contribution is -0.123.